The molecule has 1 fully saturated rings. The zero-order valence-electron chi connectivity index (χ0n) is 5.79. The van der Waals surface area contributed by atoms with E-state index in [1.807, 2.05) is 0 Å². The largest absolute Gasteiger partial charge is 0.409 e. The molecule has 1 atom stereocenters. The first kappa shape index (κ1) is 7.34. The van der Waals surface area contributed by atoms with Crippen LogP contribution in [0.25, 0.3) is 0 Å². The molecular weight excluding hydrogens is 132 g/mol. The molecule has 0 aromatic heterocycles. The summed E-state index contributed by atoms with van der Waals surface area (Å²) in [7, 11) is 0. The predicted molar refractivity (Wildman–Crippen MR) is 37.0 cm³/mol. The van der Waals surface area contributed by atoms with Crippen molar-refractivity contribution in [2.75, 3.05) is 6.61 Å². The van der Waals surface area contributed by atoms with Gasteiger partial charge >= 0.3 is 0 Å². The second kappa shape index (κ2) is 3.41. The fourth-order valence-electron chi connectivity index (χ4n) is 1.08. The van der Waals surface area contributed by atoms with Gasteiger partial charge in [-0.1, -0.05) is 5.16 Å². The first-order chi connectivity index (χ1) is 4.83. The molecule has 10 heavy (non-hydrogen) atoms. The van der Waals surface area contributed by atoms with E-state index < -0.39 is 0 Å². The molecule has 0 bridgehead atoms. The fraction of sp³-hybridized carbons (Fsp3) is 0.833. The lowest BCUT2D eigenvalue weighted by atomic mass is 10.2. The van der Waals surface area contributed by atoms with E-state index in [1.165, 1.54) is 0 Å². The average molecular weight is 144 g/mol. The van der Waals surface area contributed by atoms with Crippen LogP contribution in [-0.4, -0.2) is 23.8 Å². The van der Waals surface area contributed by atoms with Crippen LogP contribution in [0, 0.1) is 0 Å². The third-order valence-electron chi connectivity index (χ3n) is 1.59. The third-order valence-corrected chi connectivity index (χ3v) is 1.59. The summed E-state index contributed by atoms with van der Waals surface area (Å²) in [6, 6.07) is 0. The van der Waals surface area contributed by atoms with Crippen molar-refractivity contribution in [3.8, 4) is 0 Å². The number of nitrogens with two attached hydrogens (primary N) is 1. The number of rotatable bonds is 2. The fourth-order valence-corrected chi connectivity index (χ4v) is 1.08. The van der Waals surface area contributed by atoms with Crippen molar-refractivity contribution in [2.24, 2.45) is 10.9 Å². The minimum Gasteiger partial charge on any atom is -0.409 e. The van der Waals surface area contributed by atoms with Crippen molar-refractivity contribution < 1.29 is 9.94 Å². The molecule has 4 nitrogen and oxygen atoms in total. The Kier molecular flexibility index (Phi) is 2.50. The molecule has 58 valence electrons. The Hall–Kier alpha value is -0.770. The summed E-state index contributed by atoms with van der Waals surface area (Å²) < 4.78 is 5.25. The minimum atomic E-state index is 0.177. The number of amidine groups is 1. The number of ether oxygens (including phenoxy) is 1. The van der Waals surface area contributed by atoms with Crippen LogP contribution >= 0.6 is 0 Å². The zero-order valence-corrected chi connectivity index (χ0v) is 5.79. The van der Waals surface area contributed by atoms with Gasteiger partial charge in [-0.2, -0.15) is 0 Å². The Bertz CT molecular complexity index is 130. The van der Waals surface area contributed by atoms with Crippen molar-refractivity contribution in [1.82, 2.24) is 0 Å². The molecule has 0 unspecified atom stereocenters. The lowest BCUT2D eigenvalue weighted by molar-refractivity contribution is 0.115. The molecule has 0 saturated carbocycles. The van der Waals surface area contributed by atoms with Crippen molar-refractivity contribution in [3.63, 3.8) is 0 Å². The Morgan fingerprint density at radius 1 is 1.80 bits per heavy atom. The standard InChI is InChI=1S/C6H12N2O2/c7-6(8-9)4-5-2-1-3-10-5/h5,9H,1-4H2,(H2,7,8)/t5-/m1/s1. The van der Waals surface area contributed by atoms with Crippen molar-refractivity contribution in [1.29, 1.82) is 0 Å². The third kappa shape index (κ3) is 1.88. The second-order valence-corrected chi connectivity index (χ2v) is 2.43. The Morgan fingerprint density at radius 2 is 2.60 bits per heavy atom. The van der Waals surface area contributed by atoms with Gasteiger partial charge in [0, 0.05) is 13.0 Å². The summed E-state index contributed by atoms with van der Waals surface area (Å²) in [5, 5.41) is 11.1. The van der Waals surface area contributed by atoms with Crippen LogP contribution in [0.3, 0.4) is 0 Å². The highest BCUT2D eigenvalue weighted by atomic mass is 16.5. The first-order valence-electron chi connectivity index (χ1n) is 3.41. The van der Waals surface area contributed by atoms with Crippen LogP contribution in [-0.2, 0) is 4.74 Å². The smallest absolute Gasteiger partial charge is 0.141 e. The van der Waals surface area contributed by atoms with E-state index in [2.05, 4.69) is 5.16 Å². The normalized spacial score (nSPS) is 27.2. The van der Waals surface area contributed by atoms with Gasteiger partial charge in [-0.25, -0.2) is 0 Å². The highest BCUT2D eigenvalue weighted by Crippen LogP contribution is 2.14. The summed E-state index contributed by atoms with van der Waals surface area (Å²) in [6.45, 7) is 0.809. The van der Waals surface area contributed by atoms with Gasteiger partial charge in [0.25, 0.3) is 0 Å². The summed E-state index contributed by atoms with van der Waals surface area (Å²) in [5.74, 6) is 0.256. The molecule has 0 amide bonds. The van der Waals surface area contributed by atoms with Crippen LogP contribution in [0.2, 0.25) is 0 Å². The van der Waals surface area contributed by atoms with Crippen LogP contribution in [0.1, 0.15) is 19.3 Å². The van der Waals surface area contributed by atoms with Crippen molar-refractivity contribution in [2.45, 2.75) is 25.4 Å². The second-order valence-electron chi connectivity index (χ2n) is 2.43. The van der Waals surface area contributed by atoms with Gasteiger partial charge in [-0.3, -0.25) is 0 Å². The van der Waals surface area contributed by atoms with Gasteiger partial charge in [0.1, 0.15) is 5.84 Å². The maximum atomic E-state index is 8.20. The molecule has 1 aliphatic rings. The lowest BCUT2D eigenvalue weighted by Gasteiger charge is -2.05. The molecule has 0 spiro atoms. The highest BCUT2D eigenvalue weighted by Gasteiger charge is 2.16. The van der Waals surface area contributed by atoms with E-state index >= 15 is 0 Å². The Labute approximate surface area is 59.7 Å². The number of nitrogens with zero attached hydrogens (tertiary/aromatic N) is 1. The highest BCUT2D eigenvalue weighted by molar-refractivity contribution is 5.80. The molecule has 1 saturated heterocycles. The van der Waals surface area contributed by atoms with E-state index in [4.69, 9.17) is 15.7 Å². The summed E-state index contributed by atoms with van der Waals surface area (Å²) >= 11 is 0. The van der Waals surface area contributed by atoms with E-state index in [9.17, 15) is 0 Å². The summed E-state index contributed by atoms with van der Waals surface area (Å²) in [5.41, 5.74) is 5.27. The van der Waals surface area contributed by atoms with Crippen LogP contribution in [0.15, 0.2) is 5.16 Å². The molecule has 1 heterocycles. The monoisotopic (exact) mass is 144 g/mol. The summed E-state index contributed by atoms with van der Waals surface area (Å²) in [6.07, 6.45) is 2.84. The summed E-state index contributed by atoms with van der Waals surface area (Å²) in [4.78, 5) is 0. The van der Waals surface area contributed by atoms with Crippen molar-refractivity contribution >= 4 is 5.84 Å². The molecule has 0 aliphatic carbocycles. The minimum absolute atomic E-state index is 0.177. The SMILES string of the molecule is N/C(C[C@H]1CCCO1)=N/O. The van der Waals surface area contributed by atoms with E-state index in [1.54, 1.807) is 0 Å². The lowest BCUT2D eigenvalue weighted by Crippen LogP contribution is -2.19. The van der Waals surface area contributed by atoms with Gasteiger partial charge < -0.3 is 15.7 Å². The van der Waals surface area contributed by atoms with Crippen LogP contribution < -0.4 is 5.73 Å². The van der Waals surface area contributed by atoms with E-state index in [0.717, 1.165) is 19.4 Å². The van der Waals surface area contributed by atoms with E-state index in [-0.39, 0.29) is 11.9 Å². The van der Waals surface area contributed by atoms with Gasteiger partial charge in [0.2, 0.25) is 0 Å². The molecule has 1 aliphatic heterocycles. The van der Waals surface area contributed by atoms with Gasteiger partial charge in [-0.15, -0.1) is 0 Å². The van der Waals surface area contributed by atoms with Gasteiger partial charge in [0.15, 0.2) is 0 Å². The Morgan fingerprint density at radius 3 is 3.10 bits per heavy atom. The molecule has 0 aromatic rings. The quantitative estimate of drug-likeness (QED) is 0.253. The average Bonchev–Trinajstić information content (AvgIpc) is 2.40. The maximum absolute atomic E-state index is 8.20. The van der Waals surface area contributed by atoms with Gasteiger partial charge in [0.05, 0.1) is 6.10 Å². The number of oxime groups is 1. The van der Waals surface area contributed by atoms with Crippen molar-refractivity contribution in [3.05, 3.63) is 0 Å². The maximum Gasteiger partial charge on any atom is 0.141 e. The first-order valence-corrected chi connectivity index (χ1v) is 3.41. The molecule has 3 N–H and O–H groups in total. The topological polar surface area (TPSA) is 67.8 Å². The van der Waals surface area contributed by atoms with Crippen LogP contribution in [0.4, 0.5) is 0 Å². The molecule has 0 aromatic carbocycles. The number of hydrogen-bond donors (Lipinski definition) is 2. The van der Waals surface area contributed by atoms with E-state index in [0.29, 0.717) is 6.42 Å². The zero-order chi connectivity index (χ0) is 7.40. The molecule has 1 rings (SSSR count). The molecular formula is C6H12N2O2. The van der Waals surface area contributed by atoms with Crippen LogP contribution in [0.5, 0.6) is 0 Å². The van der Waals surface area contributed by atoms with Gasteiger partial charge in [-0.05, 0) is 12.8 Å². The Balaban J connectivity index is 2.24. The molecule has 4 heteroatoms. The molecule has 0 radical (unpaired) electrons. The number of hydrogen-bond acceptors (Lipinski definition) is 3. The predicted octanol–water partition coefficient (Wildman–Crippen LogP) is 0.302.